The molecule has 0 spiro atoms. The van der Waals surface area contributed by atoms with Crippen LogP contribution in [0.3, 0.4) is 0 Å². The third kappa shape index (κ3) is 2.16. The molecule has 0 aliphatic carbocycles. The van der Waals surface area contributed by atoms with Gasteiger partial charge in [0.2, 0.25) is 0 Å². The third-order valence-electron chi connectivity index (χ3n) is 2.25. The van der Waals surface area contributed by atoms with Gasteiger partial charge in [0.05, 0.1) is 0 Å². The lowest BCUT2D eigenvalue weighted by Crippen LogP contribution is -2.22. The molecule has 0 atom stereocenters. The second kappa shape index (κ2) is 4.26. The van der Waals surface area contributed by atoms with Gasteiger partial charge in [-0.3, -0.25) is 4.79 Å². The number of nitrogens with one attached hydrogen (secondary N) is 1. The Bertz CT molecular complexity index is 474. The molecule has 0 unspecified atom stereocenters. The fraction of sp³-hybridized carbons (Fsp3) is 0.167. The maximum atomic E-state index is 12.7. The van der Waals surface area contributed by atoms with Crippen molar-refractivity contribution in [3.05, 3.63) is 41.3 Å². The fourth-order valence-electron chi connectivity index (χ4n) is 1.40. The highest BCUT2D eigenvalue weighted by Crippen LogP contribution is 2.13. The van der Waals surface area contributed by atoms with E-state index >= 15 is 0 Å². The smallest absolute Gasteiger partial charge is 0.275 e. The van der Waals surface area contributed by atoms with Gasteiger partial charge < -0.3 is 5.32 Å². The summed E-state index contributed by atoms with van der Waals surface area (Å²) in [6.45, 7) is 1.92. The van der Waals surface area contributed by atoms with Gasteiger partial charge in [-0.2, -0.15) is 0 Å². The maximum Gasteiger partial charge on any atom is 0.275 e. The highest BCUT2D eigenvalue weighted by atomic mass is 19.1. The second-order valence-corrected chi connectivity index (χ2v) is 3.45. The summed E-state index contributed by atoms with van der Waals surface area (Å²) in [7, 11) is 0. The molecule has 0 radical (unpaired) electrons. The largest absolute Gasteiger partial charge is 0.309 e. The van der Waals surface area contributed by atoms with Crippen LogP contribution in [0.25, 0.3) is 6.08 Å². The van der Waals surface area contributed by atoms with Gasteiger partial charge in [-0.1, -0.05) is 19.1 Å². The van der Waals surface area contributed by atoms with E-state index in [2.05, 4.69) is 10.3 Å². The molecular weight excluding hydrogens is 207 g/mol. The van der Waals surface area contributed by atoms with Gasteiger partial charge in [0.1, 0.15) is 17.3 Å². The lowest BCUT2D eigenvalue weighted by atomic mass is 10.2. The number of carbonyl (C=O) groups is 1. The minimum atomic E-state index is -0.296. The molecule has 4 heteroatoms. The van der Waals surface area contributed by atoms with Crippen LogP contribution in [0.2, 0.25) is 0 Å². The zero-order valence-corrected chi connectivity index (χ0v) is 8.83. The number of benzene rings is 1. The van der Waals surface area contributed by atoms with Crippen LogP contribution in [0.5, 0.6) is 0 Å². The van der Waals surface area contributed by atoms with E-state index in [1.54, 1.807) is 18.2 Å². The van der Waals surface area contributed by atoms with E-state index in [0.717, 1.165) is 5.56 Å². The Morgan fingerprint density at radius 3 is 2.62 bits per heavy atom. The summed E-state index contributed by atoms with van der Waals surface area (Å²) in [4.78, 5) is 15.6. The lowest BCUT2D eigenvalue weighted by Gasteiger charge is -1.94. The van der Waals surface area contributed by atoms with Gasteiger partial charge in [0, 0.05) is 6.42 Å². The van der Waals surface area contributed by atoms with Gasteiger partial charge in [0.25, 0.3) is 5.91 Å². The summed E-state index contributed by atoms with van der Waals surface area (Å²) in [5.41, 5.74) is 1.12. The number of halogens is 1. The van der Waals surface area contributed by atoms with Crippen molar-refractivity contribution < 1.29 is 9.18 Å². The molecule has 1 aliphatic rings. The molecule has 0 aromatic heterocycles. The average Bonchev–Trinajstić information content (AvgIpc) is 2.63. The normalized spacial score (nSPS) is 17.5. The molecule has 82 valence electrons. The van der Waals surface area contributed by atoms with E-state index in [9.17, 15) is 9.18 Å². The average molecular weight is 218 g/mol. The standard InChI is InChI=1S/C12H11FN2O/c1-2-11-14-10(12(16)15-11)7-8-3-5-9(13)6-4-8/h3-7H,2H2,1H3,(H,14,15,16)/b10-7+. The Morgan fingerprint density at radius 2 is 2.06 bits per heavy atom. The summed E-state index contributed by atoms with van der Waals surface area (Å²) in [5.74, 6) is 0.162. The third-order valence-corrected chi connectivity index (χ3v) is 2.25. The molecule has 16 heavy (non-hydrogen) atoms. The first kappa shape index (κ1) is 10.5. The number of amides is 1. The van der Waals surface area contributed by atoms with E-state index < -0.39 is 0 Å². The molecule has 1 aromatic carbocycles. The lowest BCUT2D eigenvalue weighted by molar-refractivity contribution is -0.115. The molecule has 3 nitrogen and oxygen atoms in total. The summed E-state index contributed by atoms with van der Waals surface area (Å²) in [5, 5.41) is 2.65. The van der Waals surface area contributed by atoms with Crippen LogP contribution >= 0.6 is 0 Å². The molecule has 0 fully saturated rings. The van der Waals surface area contributed by atoms with Crippen LogP contribution in [0.4, 0.5) is 4.39 Å². The molecule has 1 N–H and O–H groups in total. The first-order chi connectivity index (χ1) is 7.69. The van der Waals surface area contributed by atoms with Gasteiger partial charge in [0.15, 0.2) is 0 Å². The van der Waals surface area contributed by atoms with Crippen LogP contribution in [-0.4, -0.2) is 11.7 Å². The minimum Gasteiger partial charge on any atom is -0.309 e. The van der Waals surface area contributed by atoms with Crippen LogP contribution in [0.1, 0.15) is 18.9 Å². The Hall–Kier alpha value is -1.97. The van der Waals surface area contributed by atoms with Crippen molar-refractivity contribution in [2.45, 2.75) is 13.3 Å². The summed E-state index contributed by atoms with van der Waals surface area (Å²) in [6.07, 6.45) is 2.32. The highest BCUT2D eigenvalue weighted by Gasteiger charge is 2.17. The van der Waals surface area contributed by atoms with Crippen molar-refractivity contribution in [3.63, 3.8) is 0 Å². The van der Waals surface area contributed by atoms with Crippen molar-refractivity contribution in [3.8, 4) is 0 Å². The minimum absolute atomic E-state index is 0.207. The quantitative estimate of drug-likeness (QED) is 0.759. The Labute approximate surface area is 92.7 Å². The second-order valence-electron chi connectivity index (χ2n) is 3.45. The number of nitrogens with zero attached hydrogens (tertiary/aromatic N) is 1. The summed E-state index contributed by atoms with van der Waals surface area (Å²) in [6, 6.07) is 5.91. The molecule has 0 saturated carbocycles. The molecular formula is C12H11FN2O. The van der Waals surface area contributed by atoms with E-state index in [1.165, 1.54) is 12.1 Å². The van der Waals surface area contributed by atoms with Crippen molar-refractivity contribution >= 4 is 17.8 Å². The predicted molar refractivity (Wildman–Crippen MR) is 60.2 cm³/mol. The monoisotopic (exact) mass is 218 g/mol. The van der Waals surface area contributed by atoms with Crippen LogP contribution in [-0.2, 0) is 4.79 Å². The number of rotatable bonds is 2. The zero-order valence-electron chi connectivity index (χ0n) is 8.83. The number of amidine groups is 1. The number of hydrogen-bond acceptors (Lipinski definition) is 2. The van der Waals surface area contributed by atoms with Gasteiger partial charge in [-0.15, -0.1) is 0 Å². The highest BCUT2D eigenvalue weighted by molar-refractivity contribution is 6.14. The molecule has 1 aliphatic heterocycles. The zero-order chi connectivity index (χ0) is 11.5. The van der Waals surface area contributed by atoms with E-state index in [4.69, 9.17) is 0 Å². The van der Waals surface area contributed by atoms with Gasteiger partial charge in [-0.05, 0) is 23.8 Å². The summed E-state index contributed by atoms with van der Waals surface area (Å²) >= 11 is 0. The maximum absolute atomic E-state index is 12.7. The SMILES string of the molecule is CCC1=N/C(=C/c2ccc(F)cc2)C(=O)N1. The van der Waals surface area contributed by atoms with Crippen molar-refractivity contribution in [2.75, 3.05) is 0 Å². The summed E-state index contributed by atoms with van der Waals surface area (Å²) < 4.78 is 12.7. The molecule has 0 bridgehead atoms. The van der Waals surface area contributed by atoms with Gasteiger partial charge in [-0.25, -0.2) is 9.38 Å². The fourth-order valence-corrected chi connectivity index (χ4v) is 1.40. The molecule has 0 saturated heterocycles. The number of carbonyl (C=O) groups excluding carboxylic acids is 1. The number of aliphatic imine (C=N–C) groups is 1. The first-order valence-corrected chi connectivity index (χ1v) is 5.05. The molecule has 2 rings (SSSR count). The Morgan fingerprint density at radius 1 is 1.38 bits per heavy atom. The van der Waals surface area contributed by atoms with Crippen LogP contribution in [0, 0.1) is 5.82 Å². The Kier molecular flexibility index (Phi) is 2.81. The first-order valence-electron chi connectivity index (χ1n) is 5.05. The number of hydrogen-bond donors (Lipinski definition) is 1. The molecule has 1 aromatic rings. The van der Waals surface area contributed by atoms with E-state index in [0.29, 0.717) is 18.0 Å². The molecule has 1 amide bonds. The molecule has 1 heterocycles. The van der Waals surface area contributed by atoms with Crippen LogP contribution in [0.15, 0.2) is 35.0 Å². The van der Waals surface area contributed by atoms with E-state index in [-0.39, 0.29) is 11.7 Å². The van der Waals surface area contributed by atoms with Crippen LogP contribution < -0.4 is 5.32 Å². The predicted octanol–water partition coefficient (Wildman–Crippen LogP) is 2.10. The van der Waals surface area contributed by atoms with Crippen molar-refractivity contribution in [1.82, 2.24) is 5.32 Å². The van der Waals surface area contributed by atoms with Crippen molar-refractivity contribution in [1.29, 1.82) is 0 Å². The van der Waals surface area contributed by atoms with Crippen molar-refractivity contribution in [2.24, 2.45) is 4.99 Å². The van der Waals surface area contributed by atoms with Gasteiger partial charge >= 0.3 is 0 Å². The topological polar surface area (TPSA) is 41.5 Å². The van der Waals surface area contributed by atoms with E-state index in [1.807, 2.05) is 6.92 Å². The Balaban J connectivity index is 2.28.